The summed E-state index contributed by atoms with van der Waals surface area (Å²) >= 11 is 7.75. The molecule has 114 valence electrons. The molecule has 2 bridgehead atoms. The molecule has 1 aromatic carbocycles. The molecule has 1 aromatic rings. The minimum absolute atomic E-state index is 0.0928. The fourth-order valence-electron chi connectivity index (χ4n) is 3.93. The molecule has 3 nitrogen and oxygen atoms in total. The summed E-state index contributed by atoms with van der Waals surface area (Å²) in [5, 5.41) is 13.2. The van der Waals surface area contributed by atoms with Crippen LogP contribution in [0, 0.1) is 17.8 Å². The number of rotatable bonds is 4. The van der Waals surface area contributed by atoms with Crippen LogP contribution >= 0.6 is 23.4 Å². The minimum Gasteiger partial charge on any atom is -0.396 e. The SMILES string of the molecule is CSc1ccc(Cl)c(C(=O)NC2C3CCC(C3)C2CO)c1. The Labute approximate surface area is 134 Å². The second-order valence-corrected chi connectivity index (χ2v) is 7.31. The molecular weight excluding hydrogens is 306 g/mol. The predicted octanol–water partition coefficient (Wildman–Crippen LogP) is 3.20. The molecule has 2 fully saturated rings. The van der Waals surface area contributed by atoms with E-state index >= 15 is 0 Å². The lowest BCUT2D eigenvalue weighted by Crippen LogP contribution is -2.45. The average Bonchev–Trinajstić information content (AvgIpc) is 3.08. The topological polar surface area (TPSA) is 49.3 Å². The highest BCUT2D eigenvalue weighted by molar-refractivity contribution is 7.98. The molecule has 2 N–H and O–H groups in total. The zero-order chi connectivity index (χ0) is 15.0. The summed E-state index contributed by atoms with van der Waals surface area (Å²) in [6.45, 7) is 0.157. The highest BCUT2D eigenvalue weighted by Gasteiger charge is 2.47. The number of amides is 1. The Balaban J connectivity index is 1.77. The maximum absolute atomic E-state index is 12.5. The zero-order valence-corrected chi connectivity index (χ0v) is 13.6. The van der Waals surface area contributed by atoms with Crippen molar-refractivity contribution in [1.29, 1.82) is 0 Å². The lowest BCUT2D eigenvalue weighted by atomic mass is 9.85. The lowest BCUT2D eigenvalue weighted by Gasteiger charge is -2.30. The highest BCUT2D eigenvalue weighted by atomic mass is 35.5. The standard InChI is InChI=1S/C16H20ClNO2S/c1-21-11-4-5-14(17)12(7-11)16(20)18-15-10-3-2-9(6-10)13(15)8-19/h4-5,7,9-10,13,15,19H,2-3,6,8H2,1H3,(H,18,20). The number of thioether (sulfide) groups is 1. The van der Waals surface area contributed by atoms with E-state index in [1.165, 1.54) is 6.42 Å². The van der Waals surface area contributed by atoms with E-state index in [2.05, 4.69) is 5.32 Å². The summed E-state index contributed by atoms with van der Waals surface area (Å²) in [5.41, 5.74) is 0.531. The van der Waals surface area contributed by atoms with Crippen LogP contribution in [0.25, 0.3) is 0 Å². The van der Waals surface area contributed by atoms with Gasteiger partial charge in [-0.2, -0.15) is 0 Å². The molecule has 5 heteroatoms. The van der Waals surface area contributed by atoms with Crippen molar-refractivity contribution in [2.24, 2.45) is 17.8 Å². The maximum atomic E-state index is 12.5. The van der Waals surface area contributed by atoms with Crippen molar-refractivity contribution in [2.75, 3.05) is 12.9 Å². The van der Waals surface area contributed by atoms with Gasteiger partial charge in [0.25, 0.3) is 5.91 Å². The number of aliphatic hydroxyl groups is 1. The van der Waals surface area contributed by atoms with Crippen LogP contribution in [-0.4, -0.2) is 29.9 Å². The quantitative estimate of drug-likeness (QED) is 0.836. The molecule has 0 spiro atoms. The van der Waals surface area contributed by atoms with Crippen molar-refractivity contribution in [3.63, 3.8) is 0 Å². The van der Waals surface area contributed by atoms with E-state index in [-0.39, 0.29) is 24.5 Å². The van der Waals surface area contributed by atoms with E-state index in [1.54, 1.807) is 17.8 Å². The molecule has 2 aliphatic rings. The normalized spacial score (nSPS) is 30.6. The largest absolute Gasteiger partial charge is 0.396 e. The van der Waals surface area contributed by atoms with Gasteiger partial charge in [-0.15, -0.1) is 11.8 Å². The summed E-state index contributed by atoms with van der Waals surface area (Å²) in [6, 6.07) is 5.61. The number of nitrogens with one attached hydrogen (secondary N) is 1. The van der Waals surface area contributed by atoms with E-state index in [0.29, 0.717) is 22.4 Å². The Morgan fingerprint density at radius 2 is 2.19 bits per heavy atom. The lowest BCUT2D eigenvalue weighted by molar-refractivity contribution is 0.0861. The van der Waals surface area contributed by atoms with Crippen LogP contribution in [0.3, 0.4) is 0 Å². The smallest absolute Gasteiger partial charge is 0.253 e. The second kappa shape index (κ2) is 6.19. The Hall–Kier alpha value is -0.710. The van der Waals surface area contributed by atoms with E-state index < -0.39 is 0 Å². The van der Waals surface area contributed by atoms with Crippen molar-refractivity contribution in [2.45, 2.75) is 30.2 Å². The second-order valence-electron chi connectivity index (χ2n) is 6.02. The van der Waals surface area contributed by atoms with Gasteiger partial charge < -0.3 is 10.4 Å². The van der Waals surface area contributed by atoms with Gasteiger partial charge in [0.2, 0.25) is 0 Å². The van der Waals surface area contributed by atoms with Crippen LogP contribution < -0.4 is 5.32 Å². The first-order valence-corrected chi connectivity index (χ1v) is 8.99. The van der Waals surface area contributed by atoms with E-state index in [1.807, 2.05) is 18.4 Å². The van der Waals surface area contributed by atoms with Crippen LogP contribution in [-0.2, 0) is 0 Å². The van der Waals surface area contributed by atoms with Gasteiger partial charge in [-0.05, 0) is 55.6 Å². The molecule has 21 heavy (non-hydrogen) atoms. The molecule has 0 aromatic heterocycles. The van der Waals surface area contributed by atoms with Gasteiger partial charge >= 0.3 is 0 Å². The van der Waals surface area contributed by atoms with Crippen molar-refractivity contribution < 1.29 is 9.90 Å². The van der Waals surface area contributed by atoms with Crippen LogP contribution in [0.15, 0.2) is 23.1 Å². The van der Waals surface area contributed by atoms with Gasteiger partial charge in [0.15, 0.2) is 0 Å². The van der Waals surface area contributed by atoms with Crippen molar-refractivity contribution >= 4 is 29.3 Å². The summed E-state index contributed by atoms with van der Waals surface area (Å²) < 4.78 is 0. The summed E-state index contributed by atoms with van der Waals surface area (Å²) in [6.07, 6.45) is 5.45. The van der Waals surface area contributed by atoms with Gasteiger partial charge in [-0.25, -0.2) is 0 Å². The third kappa shape index (κ3) is 2.81. The van der Waals surface area contributed by atoms with Gasteiger partial charge in [0, 0.05) is 23.5 Å². The third-order valence-electron chi connectivity index (χ3n) is 5.02. The maximum Gasteiger partial charge on any atom is 0.253 e. The van der Waals surface area contributed by atoms with E-state index in [9.17, 15) is 9.90 Å². The number of hydrogen-bond donors (Lipinski definition) is 2. The van der Waals surface area contributed by atoms with Crippen LogP contribution in [0.5, 0.6) is 0 Å². The Morgan fingerprint density at radius 1 is 1.43 bits per heavy atom. The molecule has 0 aliphatic heterocycles. The Kier molecular flexibility index (Phi) is 4.48. The number of carbonyl (C=O) groups excluding carboxylic acids is 1. The molecule has 2 aliphatic carbocycles. The first kappa shape index (κ1) is 15.2. The van der Waals surface area contributed by atoms with Gasteiger partial charge in [0.05, 0.1) is 10.6 Å². The Morgan fingerprint density at radius 3 is 2.90 bits per heavy atom. The molecule has 4 unspecified atom stereocenters. The van der Waals surface area contributed by atoms with Gasteiger partial charge in [0.1, 0.15) is 0 Å². The van der Waals surface area contributed by atoms with Crippen LogP contribution in [0.2, 0.25) is 5.02 Å². The third-order valence-corrected chi connectivity index (χ3v) is 6.07. The fraction of sp³-hybridized carbons (Fsp3) is 0.562. The van der Waals surface area contributed by atoms with Crippen LogP contribution in [0.1, 0.15) is 29.6 Å². The number of hydrogen-bond acceptors (Lipinski definition) is 3. The molecule has 2 saturated carbocycles. The van der Waals surface area contributed by atoms with Crippen molar-refractivity contribution in [3.05, 3.63) is 28.8 Å². The average molecular weight is 326 g/mol. The minimum atomic E-state index is -0.119. The molecule has 3 rings (SSSR count). The molecule has 0 saturated heterocycles. The fourth-order valence-corrected chi connectivity index (χ4v) is 4.58. The van der Waals surface area contributed by atoms with E-state index in [4.69, 9.17) is 11.6 Å². The van der Waals surface area contributed by atoms with Crippen LogP contribution in [0.4, 0.5) is 0 Å². The molecule has 1 amide bonds. The number of halogens is 1. The van der Waals surface area contributed by atoms with Gasteiger partial charge in [-0.3, -0.25) is 4.79 Å². The molecule has 0 radical (unpaired) electrons. The first-order chi connectivity index (χ1) is 10.1. The summed E-state index contributed by atoms with van der Waals surface area (Å²) in [7, 11) is 0. The van der Waals surface area contributed by atoms with Gasteiger partial charge in [-0.1, -0.05) is 11.6 Å². The summed E-state index contributed by atoms with van der Waals surface area (Å²) in [4.78, 5) is 13.6. The number of benzene rings is 1. The first-order valence-electron chi connectivity index (χ1n) is 7.39. The highest BCUT2D eigenvalue weighted by Crippen LogP contribution is 2.48. The number of aliphatic hydroxyl groups excluding tert-OH is 1. The molecule has 0 heterocycles. The monoisotopic (exact) mass is 325 g/mol. The number of fused-ring (bicyclic) bond motifs is 2. The molecular formula is C16H20ClNO2S. The number of carbonyl (C=O) groups is 1. The van der Waals surface area contributed by atoms with Crippen molar-refractivity contribution in [3.8, 4) is 0 Å². The zero-order valence-electron chi connectivity index (χ0n) is 12.0. The molecule has 4 atom stereocenters. The predicted molar refractivity (Wildman–Crippen MR) is 85.9 cm³/mol. The Bertz CT molecular complexity index is 551. The van der Waals surface area contributed by atoms with Crippen molar-refractivity contribution in [1.82, 2.24) is 5.32 Å². The van der Waals surface area contributed by atoms with E-state index in [0.717, 1.165) is 17.7 Å². The summed E-state index contributed by atoms with van der Waals surface area (Å²) in [5.74, 6) is 1.17.